The number of nitrogens with one attached hydrogen (secondary N) is 1. The SMILES string of the molecule is COc1ccc(C2(c3ccc(OC)cc3)c3cc(Cl)ccc3NC(c3ccccc3)C23CC3)cc1. The van der Waals surface area contributed by atoms with Crippen LogP contribution < -0.4 is 14.8 Å². The first-order valence-corrected chi connectivity index (χ1v) is 12.4. The highest BCUT2D eigenvalue weighted by molar-refractivity contribution is 6.30. The molecule has 1 spiro atoms. The summed E-state index contributed by atoms with van der Waals surface area (Å²) in [5, 5.41) is 4.67. The van der Waals surface area contributed by atoms with Crippen molar-refractivity contribution in [3.05, 3.63) is 124 Å². The zero-order valence-electron chi connectivity index (χ0n) is 19.9. The molecule has 1 heterocycles. The lowest BCUT2D eigenvalue weighted by atomic mass is 9.54. The molecule has 6 rings (SSSR count). The number of methoxy groups -OCH3 is 2. The molecule has 1 unspecified atom stereocenters. The van der Waals surface area contributed by atoms with Crippen molar-refractivity contribution in [2.24, 2.45) is 5.41 Å². The van der Waals surface area contributed by atoms with Gasteiger partial charge < -0.3 is 14.8 Å². The average molecular weight is 482 g/mol. The molecule has 1 N–H and O–H groups in total. The van der Waals surface area contributed by atoms with Crippen molar-refractivity contribution >= 4 is 17.3 Å². The van der Waals surface area contributed by atoms with Gasteiger partial charge in [-0.15, -0.1) is 0 Å². The molecule has 0 saturated heterocycles. The molecule has 0 bridgehead atoms. The van der Waals surface area contributed by atoms with Gasteiger partial charge in [-0.05, 0) is 77.6 Å². The topological polar surface area (TPSA) is 30.5 Å². The first kappa shape index (κ1) is 22.1. The largest absolute Gasteiger partial charge is 0.497 e. The van der Waals surface area contributed by atoms with Gasteiger partial charge in [0.1, 0.15) is 11.5 Å². The van der Waals surface area contributed by atoms with Crippen molar-refractivity contribution < 1.29 is 9.47 Å². The maximum Gasteiger partial charge on any atom is 0.118 e. The molecule has 4 aromatic carbocycles. The monoisotopic (exact) mass is 481 g/mol. The molecule has 176 valence electrons. The Hall–Kier alpha value is -3.43. The van der Waals surface area contributed by atoms with Crippen molar-refractivity contribution in [2.45, 2.75) is 24.3 Å². The summed E-state index contributed by atoms with van der Waals surface area (Å²) in [6.45, 7) is 0. The van der Waals surface area contributed by atoms with E-state index in [1.807, 2.05) is 6.07 Å². The molecule has 1 atom stereocenters. The van der Waals surface area contributed by atoms with Crippen LogP contribution >= 0.6 is 11.6 Å². The second kappa shape index (κ2) is 8.35. The van der Waals surface area contributed by atoms with Gasteiger partial charge in [-0.2, -0.15) is 0 Å². The zero-order chi connectivity index (χ0) is 24.0. The summed E-state index contributed by atoms with van der Waals surface area (Å²) in [5.74, 6) is 1.70. The number of rotatable bonds is 5. The lowest BCUT2D eigenvalue weighted by Crippen LogP contribution is -2.48. The smallest absolute Gasteiger partial charge is 0.118 e. The van der Waals surface area contributed by atoms with Gasteiger partial charge in [-0.3, -0.25) is 0 Å². The highest BCUT2D eigenvalue weighted by Crippen LogP contribution is 2.73. The number of ether oxygens (including phenoxy) is 2. The second-order valence-electron chi connectivity index (χ2n) is 9.54. The van der Waals surface area contributed by atoms with E-state index in [0.717, 1.165) is 35.1 Å². The van der Waals surface area contributed by atoms with Crippen molar-refractivity contribution in [1.82, 2.24) is 0 Å². The highest BCUT2D eigenvalue weighted by Gasteiger charge is 2.68. The molecule has 3 nitrogen and oxygen atoms in total. The van der Waals surface area contributed by atoms with Crippen LogP contribution in [0.4, 0.5) is 5.69 Å². The van der Waals surface area contributed by atoms with Crippen molar-refractivity contribution in [1.29, 1.82) is 0 Å². The van der Waals surface area contributed by atoms with E-state index in [4.69, 9.17) is 21.1 Å². The first-order chi connectivity index (χ1) is 17.1. The van der Waals surface area contributed by atoms with E-state index in [1.165, 1.54) is 22.3 Å². The number of fused-ring (bicyclic) bond motifs is 1. The lowest BCUT2D eigenvalue weighted by molar-refractivity contribution is 0.285. The molecular formula is C31H28ClNO2. The van der Waals surface area contributed by atoms with E-state index in [9.17, 15) is 0 Å². The number of anilines is 1. The standard InChI is InChI=1S/C31H28ClNO2/c1-34-25-13-8-22(9-14-25)31(23-10-15-26(35-2)16-11-23)27-20-24(32)12-17-28(27)33-29(30(31)18-19-30)21-6-4-3-5-7-21/h3-17,20,29,33H,18-19H2,1-2H3. The van der Waals surface area contributed by atoms with Crippen LogP contribution in [0.1, 0.15) is 41.1 Å². The summed E-state index contributed by atoms with van der Waals surface area (Å²) in [6.07, 6.45) is 2.20. The zero-order valence-corrected chi connectivity index (χ0v) is 20.7. The second-order valence-corrected chi connectivity index (χ2v) is 9.98. The number of hydrogen-bond acceptors (Lipinski definition) is 3. The minimum absolute atomic E-state index is 0.0603. The average Bonchev–Trinajstić information content (AvgIpc) is 3.71. The Morgan fingerprint density at radius 3 is 1.83 bits per heavy atom. The van der Waals surface area contributed by atoms with E-state index in [2.05, 4.69) is 96.3 Å². The van der Waals surface area contributed by atoms with Gasteiger partial charge in [0.15, 0.2) is 0 Å². The van der Waals surface area contributed by atoms with Gasteiger partial charge in [0, 0.05) is 16.1 Å². The van der Waals surface area contributed by atoms with Crippen LogP contribution in [0.15, 0.2) is 97.1 Å². The fourth-order valence-electron chi connectivity index (χ4n) is 6.31. The van der Waals surface area contributed by atoms with Gasteiger partial charge >= 0.3 is 0 Å². The quantitative estimate of drug-likeness (QED) is 0.317. The predicted octanol–water partition coefficient (Wildman–Crippen LogP) is 7.64. The number of halogens is 1. The van der Waals surface area contributed by atoms with Crippen LogP contribution in [0, 0.1) is 5.41 Å². The molecule has 4 heteroatoms. The fraction of sp³-hybridized carbons (Fsp3) is 0.226. The molecule has 0 amide bonds. The predicted molar refractivity (Wildman–Crippen MR) is 142 cm³/mol. The molecule has 2 aliphatic rings. The molecule has 1 fully saturated rings. The Labute approximate surface area is 211 Å². The maximum atomic E-state index is 6.67. The van der Waals surface area contributed by atoms with Crippen LogP contribution in [-0.4, -0.2) is 14.2 Å². The summed E-state index contributed by atoms with van der Waals surface area (Å²) >= 11 is 6.67. The minimum atomic E-state index is -0.405. The highest BCUT2D eigenvalue weighted by atomic mass is 35.5. The third kappa shape index (κ3) is 3.25. The fourth-order valence-corrected chi connectivity index (χ4v) is 6.48. The van der Waals surface area contributed by atoms with Crippen molar-refractivity contribution in [3.63, 3.8) is 0 Å². The summed E-state index contributed by atoms with van der Waals surface area (Å²) in [6, 6.07) is 34.4. The Balaban J connectivity index is 1.70. The van der Waals surface area contributed by atoms with E-state index < -0.39 is 5.41 Å². The summed E-state index contributed by atoms with van der Waals surface area (Å²) in [7, 11) is 3.42. The maximum absolute atomic E-state index is 6.67. The summed E-state index contributed by atoms with van der Waals surface area (Å²) in [5.41, 5.74) is 5.65. The molecule has 4 aromatic rings. The molecular weight excluding hydrogens is 454 g/mol. The van der Waals surface area contributed by atoms with Crippen molar-refractivity contribution in [3.8, 4) is 11.5 Å². The Bertz CT molecular complexity index is 1300. The molecule has 35 heavy (non-hydrogen) atoms. The van der Waals surface area contributed by atoms with E-state index in [0.29, 0.717) is 0 Å². The first-order valence-electron chi connectivity index (χ1n) is 12.0. The third-order valence-electron chi connectivity index (χ3n) is 7.95. The number of hydrogen-bond donors (Lipinski definition) is 1. The van der Waals surface area contributed by atoms with E-state index >= 15 is 0 Å². The number of benzene rings is 4. The van der Waals surface area contributed by atoms with Gasteiger partial charge in [0.25, 0.3) is 0 Å². The summed E-state index contributed by atoms with van der Waals surface area (Å²) < 4.78 is 11.0. The minimum Gasteiger partial charge on any atom is -0.497 e. The van der Waals surface area contributed by atoms with Crippen LogP contribution in [0.3, 0.4) is 0 Å². The lowest BCUT2D eigenvalue weighted by Gasteiger charge is -2.52. The van der Waals surface area contributed by atoms with Gasteiger partial charge in [-0.25, -0.2) is 0 Å². The third-order valence-corrected chi connectivity index (χ3v) is 8.19. The Morgan fingerprint density at radius 2 is 1.31 bits per heavy atom. The van der Waals surface area contributed by atoms with Crippen LogP contribution in [0.2, 0.25) is 5.02 Å². The molecule has 0 radical (unpaired) electrons. The Morgan fingerprint density at radius 1 is 0.743 bits per heavy atom. The van der Waals surface area contributed by atoms with Gasteiger partial charge in [0.05, 0.1) is 25.7 Å². The van der Waals surface area contributed by atoms with Gasteiger partial charge in [-0.1, -0.05) is 66.2 Å². The van der Waals surface area contributed by atoms with E-state index in [-0.39, 0.29) is 11.5 Å². The summed E-state index contributed by atoms with van der Waals surface area (Å²) in [4.78, 5) is 0. The molecule has 1 saturated carbocycles. The van der Waals surface area contributed by atoms with Gasteiger partial charge in [0.2, 0.25) is 0 Å². The van der Waals surface area contributed by atoms with Crippen LogP contribution in [0.5, 0.6) is 11.5 Å². The molecule has 0 aromatic heterocycles. The molecule has 1 aliphatic heterocycles. The Kier molecular flexibility index (Phi) is 5.26. The van der Waals surface area contributed by atoms with Crippen LogP contribution in [-0.2, 0) is 5.41 Å². The normalized spacial score (nSPS) is 18.9. The van der Waals surface area contributed by atoms with Crippen molar-refractivity contribution in [2.75, 3.05) is 19.5 Å². The van der Waals surface area contributed by atoms with E-state index in [1.54, 1.807) is 14.2 Å². The molecule has 1 aliphatic carbocycles. The van der Waals surface area contributed by atoms with Crippen LogP contribution in [0.25, 0.3) is 0 Å².